The predicted octanol–water partition coefficient (Wildman–Crippen LogP) is 3.47. The summed E-state index contributed by atoms with van der Waals surface area (Å²) in [5.41, 5.74) is 0. The Morgan fingerprint density at radius 1 is 1.11 bits per heavy atom. The van der Waals surface area contributed by atoms with Crippen molar-refractivity contribution in [3.05, 3.63) is 48.7 Å². The van der Waals surface area contributed by atoms with Gasteiger partial charge in [-0.1, -0.05) is 6.07 Å². The third kappa shape index (κ3) is 4.53. The van der Waals surface area contributed by atoms with Crippen LogP contribution in [0.25, 0.3) is 0 Å². The van der Waals surface area contributed by atoms with E-state index >= 15 is 0 Å². The van der Waals surface area contributed by atoms with Crippen molar-refractivity contribution in [1.29, 1.82) is 5.26 Å². The van der Waals surface area contributed by atoms with E-state index in [2.05, 4.69) is 4.98 Å². The molecule has 4 nitrogen and oxygen atoms in total. The first-order valence-electron chi connectivity index (χ1n) is 5.71. The number of aromatic nitrogens is 1. The minimum atomic E-state index is 0.513. The summed E-state index contributed by atoms with van der Waals surface area (Å²) in [6, 6.07) is 12.8. The molecule has 0 aliphatic heterocycles. The summed E-state index contributed by atoms with van der Waals surface area (Å²) in [5.74, 6) is 2.67. The Hall–Kier alpha value is -2.19. The first-order valence-corrected chi connectivity index (χ1v) is 6.69. The maximum absolute atomic E-state index is 8.37. The van der Waals surface area contributed by atoms with Crippen molar-refractivity contribution in [2.45, 2.75) is 0 Å². The van der Waals surface area contributed by atoms with Crippen molar-refractivity contribution in [2.75, 3.05) is 12.4 Å². The quantitative estimate of drug-likeness (QED) is 0.595. The number of ether oxygens (including phenoxy) is 2. The minimum absolute atomic E-state index is 0.513. The first kappa shape index (κ1) is 13.2. The van der Waals surface area contributed by atoms with Crippen LogP contribution >= 0.6 is 11.8 Å². The van der Waals surface area contributed by atoms with Gasteiger partial charge in [-0.15, -0.1) is 0 Å². The maximum Gasteiger partial charge on any atom is 0.219 e. The van der Waals surface area contributed by atoms with Crippen molar-refractivity contribution in [3.63, 3.8) is 0 Å². The molecule has 0 aliphatic rings. The molecule has 0 aliphatic carbocycles. The van der Waals surface area contributed by atoms with Crippen LogP contribution in [-0.4, -0.2) is 17.3 Å². The molecule has 0 unspecified atom stereocenters. The van der Waals surface area contributed by atoms with Crippen LogP contribution in [0.15, 0.2) is 48.7 Å². The van der Waals surface area contributed by atoms with Gasteiger partial charge in [0, 0.05) is 18.0 Å². The van der Waals surface area contributed by atoms with Gasteiger partial charge in [-0.2, -0.15) is 5.26 Å². The molecule has 2 aromatic rings. The van der Waals surface area contributed by atoms with Crippen LogP contribution < -0.4 is 9.47 Å². The Balaban J connectivity index is 1.86. The molecule has 5 heteroatoms. The Morgan fingerprint density at radius 2 is 1.89 bits per heavy atom. The van der Waals surface area contributed by atoms with Crippen LogP contribution in [0.3, 0.4) is 0 Å². The fraction of sp³-hybridized carbons (Fsp3) is 0.143. The molecule has 0 amide bonds. The molecule has 0 radical (unpaired) electrons. The lowest BCUT2D eigenvalue weighted by molar-refractivity contribution is 0.343. The van der Waals surface area contributed by atoms with Crippen LogP contribution in [0, 0.1) is 10.7 Å². The monoisotopic (exact) mass is 272 g/mol. The van der Waals surface area contributed by atoms with Gasteiger partial charge in [0.25, 0.3) is 0 Å². The number of hydrogen-bond donors (Lipinski definition) is 0. The SMILES string of the molecule is N#CSCCOc1ccc(Oc2ccccn2)cc1. The van der Waals surface area contributed by atoms with E-state index in [0.717, 1.165) is 5.75 Å². The molecule has 19 heavy (non-hydrogen) atoms. The highest BCUT2D eigenvalue weighted by Gasteiger charge is 1.99. The van der Waals surface area contributed by atoms with Crippen LogP contribution in [0.5, 0.6) is 17.4 Å². The Labute approximate surface area is 116 Å². The highest BCUT2D eigenvalue weighted by Crippen LogP contribution is 2.22. The van der Waals surface area contributed by atoms with E-state index in [9.17, 15) is 0 Å². The third-order valence-corrected chi connectivity index (χ3v) is 2.70. The molecule has 0 N–H and O–H groups in total. The van der Waals surface area contributed by atoms with Crippen LogP contribution in [0.4, 0.5) is 0 Å². The first-order chi connectivity index (χ1) is 9.38. The Bertz CT molecular complexity index is 538. The zero-order valence-corrected chi connectivity index (χ0v) is 11.0. The number of thioether (sulfide) groups is 1. The number of pyridine rings is 1. The molecule has 2 rings (SSSR count). The van der Waals surface area contributed by atoms with Crippen LogP contribution in [0.1, 0.15) is 0 Å². The predicted molar refractivity (Wildman–Crippen MR) is 74.3 cm³/mol. The molecule has 0 bridgehead atoms. The highest BCUT2D eigenvalue weighted by molar-refractivity contribution is 8.03. The molecule has 0 saturated heterocycles. The number of thiocyanates is 1. The summed E-state index contributed by atoms with van der Waals surface area (Å²) < 4.78 is 11.0. The molecule has 1 aromatic heterocycles. The summed E-state index contributed by atoms with van der Waals surface area (Å²) in [6.07, 6.45) is 1.68. The second kappa shape index (κ2) is 7.29. The van der Waals surface area contributed by atoms with Crippen molar-refractivity contribution in [3.8, 4) is 22.8 Å². The summed E-state index contributed by atoms with van der Waals surface area (Å²) in [6.45, 7) is 0.513. The van der Waals surface area contributed by atoms with Gasteiger partial charge in [-0.05, 0) is 42.1 Å². The number of nitrogens with zero attached hydrogens (tertiary/aromatic N) is 2. The molecular weight excluding hydrogens is 260 g/mol. The fourth-order valence-corrected chi connectivity index (χ4v) is 1.64. The summed E-state index contributed by atoms with van der Waals surface area (Å²) in [4.78, 5) is 4.08. The molecule has 96 valence electrons. The standard InChI is InChI=1S/C14H12N2O2S/c15-11-19-10-9-17-12-4-6-13(7-5-12)18-14-3-1-2-8-16-14/h1-8H,9-10H2. The maximum atomic E-state index is 8.37. The van der Waals surface area contributed by atoms with E-state index in [1.807, 2.05) is 41.8 Å². The van der Waals surface area contributed by atoms with Gasteiger partial charge in [0.2, 0.25) is 5.88 Å². The normalized spacial score (nSPS) is 9.63. The van der Waals surface area contributed by atoms with Gasteiger partial charge in [-0.25, -0.2) is 4.98 Å². The number of hydrogen-bond acceptors (Lipinski definition) is 5. The average molecular weight is 272 g/mol. The lowest BCUT2D eigenvalue weighted by Crippen LogP contribution is -1.99. The lowest BCUT2D eigenvalue weighted by atomic mass is 10.3. The molecule has 0 fully saturated rings. The zero-order valence-electron chi connectivity index (χ0n) is 10.2. The van der Waals surface area contributed by atoms with Crippen molar-refractivity contribution in [2.24, 2.45) is 0 Å². The number of nitriles is 1. The van der Waals surface area contributed by atoms with Gasteiger partial charge in [-0.3, -0.25) is 0 Å². The van der Waals surface area contributed by atoms with Crippen molar-refractivity contribution < 1.29 is 9.47 Å². The number of benzene rings is 1. The summed E-state index contributed by atoms with van der Waals surface area (Å²) in [7, 11) is 0. The van der Waals surface area contributed by atoms with Crippen LogP contribution in [0.2, 0.25) is 0 Å². The number of rotatable bonds is 6. The largest absolute Gasteiger partial charge is 0.493 e. The van der Waals surface area contributed by atoms with Crippen molar-refractivity contribution >= 4 is 11.8 Å². The zero-order chi connectivity index (χ0) is 13.3. The summed E-state index contributed by atoms with van der Waals surface area (Å²) >= 11 is 1.18. The molecule has 1 heterocycles. The van der Waals surface area contributed by atoms with E-state index in [0.29, 0.717) is 24.0 Å². The second-order valence-electron chi connectivity index (χ2n) is 3.53. The third-order valence-electron chi connectivity index (χ3n) is 2.20. The minimum Gasteiger partial charge on any atom is -0.493 e. The summed E-state index contributed by atoms with van der Waals surface area (Å²) in [5, 5.41) is 10.4. The molecule has 1 aromatic carbocycles. The molecule has 0 atom stereocenters. The van der Waals surface area contributed by atoms with E-state index in [-0.39, 0.29) is 0 Å². The van der Waals surface area contributed by atoms with E-state index < -0.39 is 0 Å². The van der Waals surface area contributed by atoms with E-state index in [4.69, 9.17) is 14.7 Å². The van der Waals surface area contributed by atoms with Gasteiger partial charge >= 0.3 is 0 Å². The van der Waals surface area contributed by atoms with E-state index in [1.54, 1.807) is 12.3 Å². The topological polar surface area (TPSA) is 55.1 Å². The van der Waals surface area contributed by atoms with Gasteiger partial charge in [0.15, 0.2) is 0 Å². The Morgan fingerprint density at radius 3 is 2.58 bits per heavy atom. The fourth-order valence-electron chi connectivity index (χ4n) is 1.38. The Kier molecular flexibility index (Phi) is 5.08. The van der Waals surface area contributed by atoms with E-state index in [1.165, 1.54) is 11.8 Å². The molecular formula is C14H12N2O2S. The van der Waals surface area contributed by atoms with Gasteiger partial charge in [0.05, 0.1) is 6.61 Å². The average Bonchev–Trinajstić information content (AvgIpc) is 2.46. The smallest absolute Gasteiger partial charge is 0.219 e. The molecule has 0 spiro atoms. The van der Waals surface area contributed by atoms with Crippen LogP contribution in [-0.2, 0) is 0 Å². The van der Waals surface area contributed by atoms with Crippen molar-refractivity contribution in [1.82, 2.24) is 4.98 Å². The lowest BCUT2D eigenvalue weighted by Gasteiger charge is -2.07. The molecule has 0 saturated carbocycles. The second-order valence-corrected chi connectivity index (χ2v) is 4.41. The highest BCUT2D eigenvalue weighted by atomic mass is 32.2. The van der Waals surface area contributed by atoms with Gasteiger partial charge in [0.1, 0.15) is 16.9 Å². The van der Waals surface area contributed by atoms with Gasteiger partial charge < -0.3 is 9.47 Å².